The summed E-state index contributed by atoms with van der Waals surface area (Å²) in [4.78, 5) is 28.4. The van der Waals surface area contributed by atoms with E-state index in [1.807, 2.05) is 50.2 Å². The molecule has 0 aliphatic heterocycles. The predicted molar refractivity (Wildman–Crippen MR) is 105 cm³/mol. The fraction of sp³-hybridized carbons (Fsp3) is 0.286. The summed E-state index contributed by atoms with van der Waals surface area (Å²) < 4.78 is 5.64. The summed E-state index contributed by atoms with van der Waals surface area (Å²) >= 11 is 0. The van der Waals surface area contributed by atoms with E-state index in [2.05, 4.69) is 15.6 Å². The van der Waals surface area contributed by atoms with Crippen LogP contribution >= 0.6 is 0 Å². The summed E-state index contributed by atoms with van der Waals surface area (Å²) in [5, 5.41) is 5.44. The van der Waals surface area contributed by atoms with Crippen molar-refractivity contribution in [3.8, 4) is 5.88 Å². The van der Waals surface area contributed by atoms with Gasteiger partial charge in [0.25, 0.3) is 0 Å². The van der Waals surface area contributed by atoms with Crippen LogP contribution in [0.3, 0.4) is 0 Å². The third-order valence-electron chi connectivity index (χ3n) is 3.63. The number of benzene rings is 1. The monoisotopic (exact) mass is 367 g/mol. The molecule has 2 aromatic rings. The summed E-state index contributed by atoms with van der Waals surface area (Å²) in [6.45, 7) is 5.74. The van der Waals surface area contributed by atoms with E-state index < -0.39 is 6.04 Å². The van der Waals surface area contributed by atoms with Crippen molar-refractivity contribution in [2.75, 3.05) is 0 Å². The first-order valence-corrected chi connectivity index (χ1v) is 8.87. The Kier molecular flexibility index (Phi) is 7.55. The van der Waals surface area contributed by atoms with Crippen molar-refractivity contribution in [2.24, 2.45) is 0 Å². The highest BCUT2D eigenvalue weighted by molar-refractivity contribution is 5.95. The standard InChI is InChI=1S/C21H25N3O3/c1-15(2)27-21-18(10-7-13-22-21)14-23-20(26)16(3)24-19(25)12-11-17-8-5-4-6-9-17/h4-13,15-16H,14H2,1-3H3,(H,23,26)(H,24,25)/b12-11+. The molecule has 1 aromatic heterocycles. The molecule has 1 heterocycles. The first-order valence-electron chi connectivity index (χ1n) is 8.87. The van der Waals surface area contributed by atoms with E-state index in [9.17, 15) is 9.59 Å². The van der Waals surface area contributed by atoms with Gasteiger partial charge >= 0.3 is 0 Å². The van der Waals surface area contributed by atoms with Crippen LogP contribution in [0.25, 0.3) is 6.08 Å². The number of ether oxygens (including phenoxy) is 1. The molecule has 1 unspecified atom stereocenters. The summed E-state index contributed by atoms with van der Waals surface area (Å²) in [5.41, 5.74) is 1.70. The molecule has 0 aliphatic rings. The number of hydrogen-bond acceptors (Lipinski definition) is 4. The largest absolute Gasteiger partial charge is 0.475 e. The quantitative estimate of drug-likeness (QED) is 0.703. The smallest absolute Gasteiger partial charge is 0.244 e. The van der Waals surface area contributed by atoms with Gasteiger partial charge in [0, 0.05) is 24.4 Å². The summed E-state index contributed by atoms with van der Waals surface area (Å²) in [5.74, 6) is -0.113. The van der Waals surface area contributed by atoms with E-state index in [0.717, 1.165) is 11.1 Å². The van der Waals surface area contributed by atoms with Crippen LogP contribution in [-0.4, -0.2) is 28.9 Å². The zero-order chi connectivity index (χ0) is 19.6. The van der Waals surface area contributed by atoms with Crippen molar-refractivity contribution < 1.29 is 14.3 Å². The van der Waals surface area contributed by atoms with E-state index in [0.29, 0.717) is 5.88 Å². The second kappa shape index (κ2) is 10.1. The lowest BCUT2D eigenvalue weighted by atomic mass is 10.2. The van der Waals surface area contributed by atoms with Gasteiger partial charge in [-0.05, 0) is 38.5 Å². The normalized spacial score (nSPS) is 12.0. The average molecular weight is 367 g/mol. The Balaban J connectivity index is 1.85. The molecule has 2 amide bonds. The number of nitrogens with zero attached hydrogens (tertiary/aromatic N) is 1. The summed E-state index contributed by atoms with van der Waals surface area (Å²) in [7, 11) is 0. The number of carbonyl (C=O) groups is 2. The Morgan fingerprint density at radius 3 is 2.56 bits per heavy atom. The first-order chi connectivity index (χ1) is 13.0. The molecule has 2 N–H and O–H groups in total. The Labute approximate surface area is 159 Å². The lowest BCUT2D eigenvalue weighted by molar-refractivity contribution is -0.126. The van der Waals surface area contributed by atoms with Crippen molar-refractivity contribution in [1.29, 1.82) is 0 Å². The third kappa shape index (κ3) is 6.93. The second-order valence-corrected chi connectivity index (χ2v) is 6.33. The molecule has 6 heteroatoms. The van der Waals surface area contributed by atoms with Gasteiger partial charge in [-0.15, -0.1) is 0 Å². The van der Waals surface area contributed by atoms with Gasteiger partial charge in [0.1, 0.15) is 6.04 Å². The molecule has 27 heavy (non-hydrogen) atoms. The van der Waals surface area contributed by atoms with Gasteiger partial charge < -0.3 is 15.4 Å². The van der Waals surface area contributed by atoms with Crippen molar-refractivity contribution >= 4 is 17.9 Å². The molecule has 142 valence electrons. The number of nitrogens with one attached hydrogen (secondary N) is 2. The van der Waals surface area contributed by atoms with Crippen LogP contribution in [0, 0.1) is 0 Å². The van der Waals surface area contributed by atoms with Gasteiger partial charge in [0.15, 0.2) is 0 Å². The maximum Gasteiger partial charge on any atom is 0.244 e. The van der Waals surface area contributed by atoms with E-state index in [1.54, 1.807) is 25.3 Å². The highest BCUT2D eigenvalue weighted by Crippen LogP contribution is 2.15. The molecule has 0 saturated heterocycles. The number of hydrogen-bond donors (Lipinski definition) is 2. The van der Waals surface area contributed by atoms with E-state index in [4.69, 9.17) is 4.74 Å². The number of aromatic nitrogens is 1. The number of rotatable bonds is 8. The Morgan fingerprint density at radius 1 is 1.11 bits per heavy atom. The predicted octanol–water partition coefficient (Wildman–Crippen LogP) is 2.70. The summed E-state index contributed by atoms with van der Waals surface area (Å²) in [6.07, 6.45) is 4.74. The van der Waals surface area contributed by atoms with Gasteiger partial charge in [-0.1, -0.05) is 36.4 Å². The molecule has 0 fully saturated rings. The van der Waals surface area contributed by atoms with Crippen LogP contribution in [0.1, 0.15) is 31.9 Å². The topological polar surface area (TPSA) is 80.3 Å². The fourth-order valence-corrected chi connectivity index (χ4v) is 2.29. The molecule has 0 aliphatic carbocycles. The zero-order valence-electron chi connectivity index (χ0n) is 15.8. The number of pyridine rings is 1. The van der Waals surface area contributed by atoms with Crippen LogP contribution < -0.4 is 15.4 Å². The van der Waals surface area contributed by atoms with E-state index in [1.165, 1.54) is 6.08 Å². The zero-order valence-corrected chi connectivity index (χ0v) is 15.8. The Morgan fingerprint density at radius 2 is 1.85 bits per heavy atom. The molecule has 0 spiro atoms. The minimum atomic E-state index is -0.663. The molecule has 1 aromatic carbocycles. The third-order valence-corrected chi connectivity index (χ3v) is 3.63. The molecule has 1 atom stereocenters. The lowest BCUT2D eigenvalue weighted by Gasteiger charge is -2.15. The minimum Gasteiger partial charge on any atom is -0.475 e. The molecule has 0 bridgehead atoms. The molecule has 6 nitrogen and oxygen atoms in total. The van der Waals surface area contributed by atoms with Gasteiger partial charge in [0.05, 0.1) is 6.10 Å². The fourth-order valence-electron chi connectivity index (χ4n) is 2.29. The van der Waals surface area contributed by atoms with Gasteiger partial charge in [0.2, 0.25) is 17.7 Å². The van der Waals surface area contributed by atoms with Crippen molar-refractivity contribution in [3.63, 3.8) is 0 Å². The van der Waals surface area contributed by atoms with Crippen molar-refractivity contribution in [1.82, 2.24) is 15.6 Å². The second-order valence-electron chi connectivity index (χ2n) is 6.33. The highest BCUT2D eigenvalue weighted by Gasteiger charge is 2.15. The van der Waals surface area contributed by atoms with Crippen LogP contribution in [0.15, 0.2) is 54.7 Å². The molecule has 0 saturated carbocycles. The van der Waals surface area contributed by atoms with Crippen LogP contribution in [0.5, 0.6) is 5.88 Å². The van der Waals surface area contributed by atoms with E-state index >= 15 is 0 Å². The minimum absolute atomic E-state index is 0.0102. The SMILES string of the molecule is CC(C)Oc1ncccc1CNC(=O)C(C)NC(=O)/C=C/c1ccccc1. The van der Waals surface area contributed by atoms with E-state index in [-0.39, 0.29) is 24.5 Å². The van der Waals surface area contributed by atoms with Crippen LogP contribution in [0.2, 0.25) is 0 Å². The van der Waals surface area contributed by atoms with Crippen molar-refractivity contribution in [3.05, 3.63) is 65.9 Å². The van der Waals surface area contributed by atoms with Gasteiger partial charge in [-0.2, -0.15) is 0 Å². The number of amides is 2. The van der Waals surface area contributed by atoms with Crippen LogP contribution in [-0.2, 0) is 16.1 Å². The molecule has 0 radical (unpaired) electrons. The molecular formula is C21H25N3O3. The van der Waals surface area contributed by atoms with Gasteiger partial charge in [-0.25, -0.2) is 4.98 Å². The number of carbonyl (C=O) groups excluding carboxylic acids is 2. The van der Waals surface area contributed by atoms with Gasteiger partial charge in [-0.3, -0.25) is 9.59 Å². The molecular weight excluding hydrogens is 342 g/mol. The average Bonchev–Trinajstić information content (AvgIpc) is 2.65. The van der Waals surface area contributed by atoms with Crippen molar-refractivity contribution in [2.45, 2.75) is 39.5 Å². The highest BCUT2D eigenvalue weighted by atomic mass is 16.5. The molecule has 2 rings (SSSR count). The lowest BCUT2D eigenvalue weighted by Crippen LogP contribution is -2.44. The maximum absolute atomic E-state index is 12.2. The Hall–Kier alpha value is -3.15. The van der Waals surface area contributed by atoms with Crippen LogP contribution in [0.4, 0.5) is 0 Å². The maximum atomic E-state index is 12.2. The first kappa shape index (κ1) is 20.2. The Bertz CT molecular complexity index is 788. The summed E-state index contributed by atoms with van der Waals surface area (Å²) in [6, 6.07) is 12.4.